The van der Waals surface area contributed by atoms with Crippen LogP contribution in [0.5, 0.6) is 11.5 Å². The largest absolute Gasteiger partial charge is 0.497 e. The van der Waals surface area contributed by atoms with Crippen molar-refractivity contribution >= 4 is 21.7 Å². The van der Waals surface area contributed by atoms with Crippen molar-refractivity contribution in [1.29, 1.82) is 0 Å². The number of methoxy groups -OCH3 is 2. The molecule has 9 nitrogen and oxygen atoms in total. The number of rotatable bonds is 7. The van der Waals surface area contributed by atoms with Gasteiger partial charge in [-0.3, -0.25) is 4.79 Å². The van der Waals surface area contributed by atoms with Crippen LogP contribution in [0.15, 0.2) is 29.4 Å². The minimum Gasteiger partial charge on any atom is -0.497 e. The molecule has 0 radical (unpaired) electrons. The molecule has 0 spiro atoms. The zero-order valence-corrected chi connectivity index (χ0v) is 22.2. The first kappa shape index (κ1) is 24.6. The van der Waals surface area contributed by atoms with Crippen LogP contribution in [0, 0.1) is 23.2 Å². The summed E-state index contributed by atoms with van der Waals surface area (Å²) in [6.07, 6.45) is 9.93. The molecule has 1 aromatic heterocycles. The third-order valence-electron chi connectivity index (χ3n) is 8.92. The lowest BCUT2D eigenvalue weighted by molar-refractivity contribution is -0.124. The van der Waals surface area contributed by atoms with Crippen LogP contribution in [0.1, 0.15) is 56.2 Å². The number of benzene rings is 1. The summed E-state index contributed by atoms with van der Waals surface area (Å²) in [5, 5.41) is 3.07. The average molecular weight is 527 g/mol. The molecule has 0 atom stereocenters. The summed E-state index contributed by atoms with van der Waals surface area (Å²) < 4.78 is 39.0. The van der Waals surface area contributed by atoms with Crippen molar-refractivity contribution in [2.75, 3.05) is 26.1 Å². The Morgan fingerprint density at radius 3 is 2.43 bits per heavy atom. The topological polar surface area (TPSA) is 111 Å². The molecule has 198 valence electrons. The minimum atomic E-state index is -3.87. The Labute approximate surface area is 218 Å². The average Bonchev–Trinajstić information content (AvgIpc) is 2.87. The number of nitrogens with one attached hydrogen (secondary N) is 1. The van der Waals surface area contributed by atoms with Crippen LogP contribution in [0.25, 0.3) is 0 Å². The first-order chi connectivity index (χ1) is 17.8. The van der Waals surface area contributed by atoms with Crippen LogP contribution >= 0.6 is 0 Å². The molecule has 0 saturated heterocycles. The molecule has 2 heterocycles. The lowest BCUT2D eigenvalue weighted by atomic mass is 9.49. The molecule has 1 N–H and O–H groups in total. The normalized spacial score (nSPS) is 28.5. The molecule has 4 aliphatic carbocycles. The van der Waals surface area contributed by atoms with Gasteiger partial charge in [-0.25, -0.2) is 18.4 Å². The summed E-state index contributed by atoms with van der Waals surface area (Å²) in [5.74, 6) is 3.59. The van der Waals surface area contributed by atoms with E-state index >= 15 is 0 Å². The van der Waals surface area contributed by atoms with E-state index in [0.717, 1.165) is 23.3 Å². The molecule has 5 aliphatic rings. The number of hydrogen-bond acceptors (Lipinski definition) is 7. The zero-order chi connectivity index (χ0) is 25.8. The van der Waals surface area contributed by atoms with Crippen LogP contribution in [-0.2, 0) is 27.8 Å². The van der Waals surface area contributed by atoms with Crippen LogP contribution < -0.4 is 14.8 Å². The molecule has 4 bridgehead atoms. The SMILES string of the molecule is COc1ccc(OC)c(S(=O)(=O)N2CCc3c(ncnc3NC(=O)CC34CC5CC(CC(C5)C3)C4)C2)c1. The second kappa shape index (κ2) is 9.23. The third kappa shape index (κ3) is 4.48. The van der Waals surface area contributed by atoms with Crippen molar-refractivity contribution in [1.82, 2.24) is 14.3 Å². The molecule has 10 heteroatoms. The molecule has 4 fully saturated rings. The fourth-order valence-corrected chi connectivity index (χ4v) is 9.36. The summed E-state index contributed by atoms with van der Waals surface area (Å²) >= 11 is 0. The molecule has 4 saturated carbocycles. The highest BCUT2D eigenvalue weighted by molar-refractivity contribution is 7.89. The Balaban J connectivity index is 1.19. The number of ether oxygens (including phenoxy) is 2. The maximum atomic E-state index is 13.5. The van der Waals surface area contributed by atoms with E-state index in [2.05, 4.69) is 15.3 Å². The van der Waals surface area contributed by atoms with Gasteiger partial charge in [0, 0.05) is 24.6 Å². The predicted octanol–water partition coefficient (Wildman–Crippen LogP) is 3.79. The third-order valence-corrected chi connectivity index (χ3v) is 10.8. The maximum absolute atomic E-state index is 13.5. The van der Waals surface area contributed by atoms with Gasteiger partial charge in [-0.1, -0.05) is 0 Å². The van der Waals surface area contributed by atoms with Crippen LogP contribution in [0.2, 0.25) is 0 Å². The van der Waals surface area contributed by atoms with Gasteiger partial charge >= 0.3 is 0 Å². The van der Waals surface area contributed by atoms with E-state index in [1.807, 2.05) is 0 Å². The second-order valence-electron chi connectivity index (χ2n) is 11.4. The lowest BCUT2D eigenvalue weighted by Crippen LogP contribution is -2.47. The minimum absolute atomic E-state index is 0.0130. The van der Waals surface area contributed by atoms with Crippen LogP contribution in [0.4, 0.5) is 5.82 Å². The fourth-order valence-electron chi connectivity index (χ4n) is 7.79. The molecule has 1 aromatic carbocycles. The van der Waals surface area contributed by atoms with Crippen molar-refractivity contribution in [3.05, 3.63) is 35.8 Å². The number of nitrogens with zero attached hydrogens (tertiary/aromatic N) is 3. The fraction of sp³-hybridized carbons (Fsp3) is 0.593. The highest BCUT2D eigenvalue weighted by atomic mass is 32.2. The van der Waals surface area contributed by atoms with Gasteiger partial charge < -0.3 is 14.8 Å². The highest BCUT2D eigenvalue weighted by Crippen LogP contribution is 2.61. The molecular formula is C27H34N4O5S. The summed E-state index contributed by atoms with van der Waals surface area (Å²) in [6.45, 7) is 0.347. The van der Waals surface area contributed by atoms with E-state index in [-0.39, 0.29) is 35.1 Å². The first-order valence-corrected chi connectivity index (χ1v) is 14.6. The van der Waals surface area contributed by atoms with Gasteiger partial charge in [0.25, 0.3) is 0 Å². The van der Waals surface area contributed by atoms with Crippen molar-refractivity contribution in [2.45, 2.75) is 62.8 Å². The number of anilines is 1. The summed E-state index contributed by atoms with van der Waals surface area (Å²) in [6, 6.07) is 4.72. The van der Waals surface area contributed by atoms with Gasteiger partial charge in [0.15, 0.2) is 0 Å². The molecule has 0 unspecified atom stereocenters. The number of amides is 1. The molecule has 37 heavy (non-hydrogen) atoms. The summed E-state index contributed by atoms with van der Waals surface area (Å²) in [7, 11) is -0.932. The Kier molecular flexibility index (Phi) is 6.14. The summed E-state index contributed by atoms with van der Waals surface area (Å²) in [5.41, 5.74) is 1.56. The van der Waals surface area contributed by atoms with Gasteiger partial charge in [-0.2, -0.15) is 4.31 Å². The monoisotopic (exact) mass is 526 g/mol. The van der Waals surface area contributed by atoms with Gasteiger partial charge in [-0.15, -0.1) is 0 Å². The molecule has 7 rings (SSSR count). The Morgan fingerprint density at radius 2 is 1.78 bits per heavy atom. The number of hydrogen-bond donors (Lipinski definition) is 1. The number of aromatic nitrogens is 2. The Bertz CT molecular complexity index is 1290. The van der Waals surface area contributed by atoms with Crippen molar-refractivity contribution in [3.63, 3.8) is 0 Å². The van der Waals surface area contributed by atoms with Crippen LogP contribution in [0.3, 0.4) is 0 Å². The van der Waals surface area contributed by atoms with Crippen molar-refractivity contribution in [2.24, 2.45) is 23.2 Å². The number of sulfonamides is 1. The smallest absolute Gasteiger partial charge is 0.247 e. The predicted molar refractivity (Wildman–Crippen MR) is 137 cm³/mol. The van der Waals surface area contributed by atoms with Gasteiger partial charge in [-0.05, 0) is 80.2 Å². The van der Waals surface area contributed by atoms with E-state index in [9.17, 15) is 13.2 Å². The Hall–Kier alpha value is -2.72. The first-order valence-electron chi connectivity index (χ1n) is 13.1. The number of fused-ring (bicyclic) bond motifs is 1. The maximum Gasteiger partial charge on any atom is 0.247 e. The van der Waals surface area contributed by atoms with Crippen LogP contribution in [-0.4, -0.2) is 49.4 Å². The highest BCUT2D eigenvalue weighted by Gasteiger charge is 2.51. The van der Waals surface area contributed by atoms with E-state index in [1.54, 1.807) is 12.1 Å². The van der Waals surface area contributed by atoms with Gasteiger partial charge in [0.1, 0.15) is 28.5 Å². The molecule has 1 aliphatic heterocycles. The lowest BCUT2D eigenvalue weighted by Gasteiger charge is -2.56. The van der Waals surface area contributed by atoms with E-state index in [1.165, 1.54) is 69.4 Å². The molecule has 1 amide bonds. The van der Waals surface area contributed by atoms with E-state index < -0.39 is 10.0 Å². The molecular weight excluding hydrogens is 492 g/mol. The van der Waals surface area contributed by atoms with Crippen molar-refractivity contribution < 1.29 is 22.7 Å². The number of carbonyl (C=O) groups is 1. The van der Waals surface area contributed by atoms with E-state index in [4.69, 9.17) is 9.47 Å². The van der Waals surface area contributed by atoms with Crippen molar-refractivity contribution in [3.8, 4) is 11.5 Å². The van der Waals surface area contributed by atoms with Gasteiger partial charge in [0.2, 0.25) is 15.9 Å². The second-order valence-corrected chi connectivity index (χ2v) is 13.3. The quantitative estimate of drug-likeness (QED) is 0.584. The zero-order valence-electron chi connectivity index (χ0n) is 21.4. The van der Waals surface area contributed by atoms with Gasteiger partial charge in [0.05, 0.1) is 26.5 Å². The van der Waals surface area contributed by atoms with E-state index in [0.29, 0.717) is 30.1 Å². The number of carbonyl (C=O) groups excluding carboxylic acids is 1. The standard InChI is InChI=1S/C27H34N4O5S/c1-35-20-3-4-23(36-2)24(10-20)37(33,34)31-6-5-21-22(15-31)28-16-29-26(21)30-25(32)14-27-11-17-7-18(12-27)9-19(8-17)13-27/h3-4,10,16-19H,5-9,11-15H2,1-2H3,(H,28,29,30,32). The summed E-state index contributed by atoms with van der Waals surface area (Å²) in [4.78, 5) is 22.0. The Morgan fingerprint density at radius 1 is 1.08 bits per heavy atom. The molecule has 2 aromatic rings.